The Balaban J connectivity index is 1.76. The Hall–Kier alpha value is -3.86. The molecule has 5 heteroatoms. The molecule has 0 saturated carbocycles. The van der Waals surface area contributed by atoms with Gasteiger partial charge < -0.3 is 14.3 Å². The average molecular weight is 384 g/mol. The van der Waals surface area contributed by atoms with Crippen LogP contribution in [0.15, 0.2) is 82.2 Å². The molecule has 5 rings (SSSR count). The minimum Gasteiger partial charge on any atom is -0.508 e. The summed E-state index contributed by atoms with van der Waals surface area (Å²) < 4.78 is 11.4. The van der Waals surface area contributed by atoms with E-state index in [-0.39, 0.29) is 29.5 Å². The van der Waals surface area contributed by atoms with Crippen molar-refractivity contribution in [1.29, 1.82) is 0 Å². The molecule has 0 saturated heterocycles. The standard InChI is InChI=1S/C24H16O5/c25-16-8-4-7-15(11-16)18-12-21(26)29-20-10-9-17-23(27)19(13-28-24(17)22(18)20)14-5-2-1-3-6-14/h1-11,13,18,25H,12H2/t18-/m0/s1. The average Bonchev–Trinajstić information content (AvgIpc) is 2.73. The number of hydrogen-bond acceptors (Lipinski definition) is 5. The summed E-state index contributed by atoms with van der Waals surface area (Å²) in [4.78, 5) is 25.3. The molecule has 0 spiro atoms. The van der Waals surface area contributed by atoms with Gasteiger partial charge in [0.15, 0.2) is 0 Å². The van der Waals surface area contributed by atoms with E-state index in [0.717, 1.165) is 11.1 Å². The van der Waals surface area contributed by atoms with Gasteiger partial charge in [0, 0.05) is 11.5 Å². The predicted molar refractivity (Wildman–Crippen MR) is 108 cm³/mol. The molecule has 5 nitrogen and oxygen atoms in total. The van der Waals surface area contributed by atoms with Crippen LogP contribution >= 0.6 is 0 Å². The van der Waals surface area contributed by atoms with Crippen molar-refractivity contribution in [2.24, 2.45) is 0 Å². The number of phenols is 1. The van der Waals surface area contributed by atoms with E-state index in [9.17, 15) is 14.7 Å². The zero-order valence-electron chi connectivity index (χ0n) is 15.3. The maximum absolute atomic E-state index is 13.2. The third-order valence-electron chi connectivity index (χ3n) is 5.24. The van der Waals surface area contributed by atoms with Crippen LogP contribution in [0, 0.1) is 0 Å². The monoisotopic (exact) mass is 384 g/mol. The first kappa shape index (κ1) is 17.3. The first-order chi connectivity index (χ1) is 14.1. The van der Waals surface area contributed by atoms with E-state index in [1.54, 1.807) is 30.3 Å². The summed E-state index contributed by atoms with van der Waals surface area (Å²) in [5, 5.41) is 10.3. The number of benzene rings is 3. The maximum atomic E-state index is 13.2. The number of carbonyl (C=O) groups is 1. The topological polar surface area (TPSA) is 76.7 Å². The van der Waals surface area contributed by atoms with Crippen LogP contribution in [-0.4, -0.2) is 11.1 Å². The molecule has 0 fully saturated rings. The number of hydrogen-bond donors (Lipinski definition) is 1. The third kappa shape index (κ3) is 2.88. The molecule has 3 aromatic carbocycles. The quantitative estimate of drug-likeness (QED) is 0.404. The Morgan fingerprint density at radius 3 is 2.55 bits per heavy atom. The molecule has 0 bridgehead atoms. The second-order valence-electron chi connectivity index (χ2n) is 7.02. The van der Waals surface area contributed by atoms with Gasteiger partial charge in [0.25, 0.3) is 0 Å². The largest absolute Gasteiger partial charge is 0.508 e. The van der Waals surface area contributed by atoms with E-state index < -0.39 is 0 Å². The zero-order chi connectivity index (χ0) is 20.0. The minimum atomic E-state index is -0.382. The number of phenolic OH excluding ortho intramolecular Hbond substituents is 1. The lowest BCUT2D eigenvalue weighted by Crippen LogP contribution is -2.22. The van der Waals surface area contributed by atoms with Gasteiger partial charge in [-0.05, 0) is 35.4 Å². The van der Waals surface area contributed by atoms with Crippen LogP contribution in [0.5, 0.6) is 11.5 Å². The zero-order valence-corrected chi connectivity index (χ0v) is 15.3. The van der Waals surface area contributed by atoms with Crippen LogP contribution in [-0.2, 0) is 4.79 Å². The van der Waals surface area contributed by atoms with Gasteiger partial charge in [-0.2, -0.15) is 0 Å². The second kappa shape index (κ2) is 6.63. The SMILES string of the molecule is O=C1C[C@@H](c2cccc(O)c2)c2c(ccc3c(=O)c(-c4ccccc4)coc23)O1. The molecule has 2 heterocycles. The molecule has 1 aliphatic heterocycles. The van der Waals surface area contributed by atoms with Gasteiger partial charge in [0.2, 0.25) is 5.43 Å². The predicted octanol–water partition coefficient (Wildman–Crippen LogP) is 4.61. The molecule has 0 amide bonds. The maximum Gasteiger partial charge on any atom is 0.312 e. The number of ether oxygens (including phenoxy) is 1. The molecule has 1 N–H and O–H groups in total. The fraction of sp³-hybridized carbons (Fsp3) is 0.0833. The van der Waals surface area contributed by atoms with Crippen molar-refractivity contribution in [2.45, 2.75) is 12.3 Å². The van der Waals surface area contributed by atoms with Crippen molar-refractivity contribution in [3.05, 3.63) is 94.3 Å². The number of rotatable bonds is 2. The van der Waals surface area contributed by atoms with Crippen LogP contribution < -0.4 is 10.2 Å². The molecule has 0 aliphatic carbocycles. The molecule has 1 aliphatic rings. The Morgan fingerprint density at radius 1 is 0.931 bits per heavy atom. The Bertz CT molecular complexity index is 1300. The summed E-state index contributed by atoms with van der Waals surface area (Å²) in [5.41, 5.74) is 2.89. The number of carbonyl (C=O) groups excluding carboxylic acids is 1. The first-order valence-corrected chi connectivity index (χ1v) is 9.25. The summed E-state index contributed by atoms with van der Waals surface area (Å²) in [6, 6.07) is 19.3. The van der Waals surface area contributed by atoms with Crippen molar-refractivity contribution < 1.29 is 19.1 Å². The van der Waals surface area contributed by atoms with Gasteiger partial charge in [0.05, 0.1) is 17.4 Å². The first-order valence-electron chi connectivity index (χ1n) is 9.25. The normalized spacial score (nSPS) is 15.7. The molecule has 1 atom stereocenters. The van der Waals surface area contributed by atoms with Gasteiger partial charge in [-0.1, -0.05) is 42.5 Å². The van der Waals surface area contributed by atoms with Crippen LogP contribution in [0.3, 0.4) is 0 Å². The number of esters is 1. The highest BCUT2D eigenvalue weighted by Gasteiger charge is 2.32. The van der Waals surface area contributed by atoms with Crippen molar-refractivity contribution >= 4 is 16.9 Å². The van der Waals surface area contributed by atoms with E-state index in [1.807, 2.05) is 36.4 Å². The minimum absolute atomic E-state index is 0.0969. The summed E-state index contributed by atoms with van der Waals surface area (Å²) in [5.74, 6) is -0.269. The van der Waals surface area contributed by atoms with Gasteiger partial charge in [0.1, 0.15) is 23.3 Å². The van der Waals surface area contributed by atoms with Gasteiger partial charge in [-0.25, -0.2) is 0 Å². The highest BCUT2D eigenvalue weighted by atomic mass is 16.5. The smallest absolute Gasteiger partial charge is 0.312 e. The highest BCUT2D eigenvalue weighted by molar-refractivity contribution is 5.90. The number of fused-ring (bicyclic) bond motifs is 3. The van der Waals surface area contributed by atoms with Gasteiger partial charge in [-0.3, -0.25) is 9.59 Å². The third-order valence-corrected chi connectivity index (χ3v) is 5.24. The molecular formula is C24H16O5. The van der Waals surface area contributed by atoms with E-state index in [2.05, 4.69) is 0 Å². The van der Waals surface area contributed by atoms with Crippen LogP contribution in [0.1, 0.15) is 23.5 Å². The molecule has 0 unspecified atom stereocenters. The highest BCUT2D eigenvalue weighted by Crippen LogP contribution is 2.43. The summed E-state index contributed by atoms with van der Waals surface area (Å²) in [7, 11) is 0. The van der Waals surface area contributed by atoms with Crippen molar-refractivity contribution in [1.82, 2.24) is 0 Å². The fourth-order valence-electron chi connectivity index (χ4n) is 3.90. The summed E-state index contributed by atoms with van der Waals surface area (Å²) in [6.45, 7) is 0. The van der Waals surface area contributed by atoms with Crippen LogP contribution in [0.25, 0.3) is 22.1 Å². The summed E-state index contributed by atoms with van der Waals surface area (Å²) >= 11 is 0. The summed E-state index contributed by atoms with van der Waals surface area (Å²) in [6.07, 6.45) is 1.55. The number of aromatic hydroxyl groups is 1. The molecular weight excluding hydrogens is 368 g/mol. The Kier molecular flexibility index (Phi) is 3.95. The molecule has 29 heavy (non-hydrogen) atoms. The van der Waals surface area contributed by atoms with Crippen LogP contribution in [0.4, 0.5) is 0 Å². The van der Waals surface area contributed by atoms with Crippen LogP contribution in [0.2, 0.25) is 0 Å². The van der Waals surface area contributed by atoms with E-state index in [0.29, 0.717) is 27.8 Å². The lowest BCUT2D eigenvalue weighted by atomic mass is 9.85. The van der Waals surface area contributed by atoms with Crippen molar-refractivity contribution in [2.75, 3.05) is 0 Å². The Labute approximate surface area is 165 Å². The van der Waals surface area contributed by atoms with Gasteiger partial charge in [-0.15, -0.1) is 0 Å². The Morgan fingerprint density at radius 2 is 1.76 bits per heavy atom. The van der Waals surface area contributed by atoms with E-state index >= 15 is 0 Å². The molecule has 0 radical (unpaired) electrons. The van der Waals surface area contributed by atoms with Crippen molar-refractivity contribution in [3.8, 4) is 22.6 Å². The fourth-order valence-corrected chi connectivity index (χ4v) is 3.90. The van der Waals surface area contributed by atoms with Crippen molar-refractivity contribution in [3.63, 3.8) is 0 Å². The molecule has 4 aromatic rings. The lowest BCUT2D eigenvalue weighted by molar-refractivity contribution is -0.135. The molecule has 142 valence electrons. The second-order valence-corrected chi connectivity index (χ2v) is 7.02. The van der Waals surface area contributed by atoms with Gasteiger partial charge >= 0.3 is 5.97 Å². The van der Waals surface area contributed by atoms with E-state index in [4.69, 9.17) is 9.15 Å². The molecule has 1 aromatic heterocycles. The van der Waals surface area contributed by atoms with E-state index in [1.165, 1.54) is 6.26 Å². The lowest BCUT2D eigenvalue weighted by Gasteiger charge is -2.25.